The summed E-state index contributed by atoms with van der Waals surface area (Å²) in [5.74, 6) is 0. The van der Waals surface area contributed by atoms with Gasteiger partial charge < -0.3 is 4.55 Å². The van der Waals surface area contributed by atoms with E-state index in [0.717, 1.165) is 5.56 Å². The summed E-state index contributed by atoms with van der Waals surface area (Å²) in [5.41, 5.74) is 1.09. The molecule has 0 fully saturated rings. The van der Waals surface area contributed by atoms with Crippen molar-refractivity contribution < 1.29 is 4.55 Å². The molecule has 11 heavy (non-hydrogen) atoms. The van der Waals surface area contributed by atoms with E-state index < -0.39 is 11.2 Å². The molecule has 0 spiro atoms. The van der Waals surface area contributed by atoms with Gasteiger partial charge >= 0.3 is 0 Å². The summed E-state index contributed by atoms with van der Waals surface area (Å²) in [4.78, 5) is 0.706. The smallest absolute Gasteiger partial charge is 0.171 e. The van der Waals surface area contributed by atoms with Crippen molar-refractivity contribution in [1.29, 1.82) is 0 Å². The summed E-state index contributed by atoms with van der Waals surface area (Å²) < 4.78 is 11.0. The molecular formula is C8H9ClOS. The molecule has 1 aromatic rings. The van der Waals surface area contributed by atoms with Crippen LogP contribution in [0.25, 0.3) is 0 Å². The number of rotatable bonds is 1. The molecule has 0 amide bonds. The fourth-order valence-corrected chi connectivity index (χ4v) is 1.99. The molecule has 1 unspecified atom stereocenters. The molecule has 1 aromatic carbocycles. The van der Waals surface area contributed by atoms with Crippen molar-refractivity contribution in [3.63, 3.8) is 0 Å². The van der Waals surface area contributed by atoms with E-state index in [2.05, 4.69) is 0 Å². The summed E-state index contributed by atoms with van der Waals surface area (Å²) in [7, 11) is 0. The number of halogens is 1. The van der Waals surface area contributed by atoms with E-state index in [-0.39, 0.29) is 0 Å². The van der Waals surface area contributed by atoms with E-state index in [9.17, 15) is 4.55 Å². The molecule has 0 aliphatic rings. The maximum atomic E-state index is 11.0. The molecule has 0 N–H and O–H groups in total. The molecule has 0 heterocycles. The number of hydrogen-bond donors (Lipinski definition) is 0. The van der Waals surface area contributed by atoms with Gasteiger partial charge in [-0.25, -0.2) is 0 Å². The van der Waals surface area contributed by atoms with Gasteiger partial charge in [0, 0.05) is 0 Å². The molecule has 3 heteroatoms. The molecule has 1 rings (SSSR count). The minimum absolute atomic E-state index is 0.589. The molecule has 0 aliphatic carbocycles. The van der Waals surface area contributed by atoms with Gasteiger partial charge in [0.2, 0.25) is 0 Å². The average molecular weight is 189 g/mol. The van der Waals surface area contributed by atoms with Crippen LogP contribution in [0.5, 0.6) is 0 Å². The number of aryl methyl sites for hydroxylation is 1. The molecule has 0 bridgehead atoms. The first kappa shape index (κ1) is 8.91. The highest BCUT2D eigenvalue weighted by Crippen LogP contribution is 2.21. The Morgan fingerprint density at radius 1 is 1.45 bits per heavy atom. The van der Waals surface area contributed by atoms with Crippen LogP contribution in [0, 0.1) is 6.92 Å². The van der Waals surface area contributed by atoms with E-state index in [1.807, 2.05) is 19.1 Å². The van der Waals surface area contributed by atoms with Crippen LogP contribution in [0.2, 0.25) is 5.02 Å². The average Bonchev–Trinajstić information content (AvgIpc) is 1.85. The van der Waals surface area contributed by atoms with E-state index in [1.54, 1.807) is 12.3 Å². The van der Waals surface area contributed by atoms with Gasteiger partial charge in [0.1, 0.15) is 6.26 Å². The second kappa shape index (κ2) is 3.48. The van der Waals surface area contributed by atoms with Crippen molar-refractivity contribution in [2.45, 2.75) is 11.8 Å². The zero-order valence-electron chi connectivity index (χ0n) is 6.43. The normalized spacial score (nSPS) is 13.1. The molecule has 0 saturated carbocycles. The molecule has 60 valence electrons. The van der Waals surface area contributed by atoms with Crippen LogP contribution in [0.1, 0.15) is 5.56 Å². The minimum Gasteiger partial charge on any atom is -0.612 e. The Labute approximate surface area is 74.6 Å². The number of hydrogen-bond acceptors (Lipinski definition) is 1. The Hall–Kier alpha value is -0.180. The lowest BCUT2D eigenvalue weighted by molar-refractivity contribution is 0.601. The molecular weight excluding hydrogens is 180 g/mol. The Bertz CT molecular complexity index is 260. The van der Waals surface area contributed by atoms with Gasteiger partial charge in [-0.2, -0.15) is 0 Å². The van der Waals surface area contributed by atoms with Crippen molar-refractivity contribution in [3.8, 4) is 0 Å². The van der Waals surface area contributed by atoms with E-state index in [1.165, 1.54) is 0 Å². The maximum Gasteiger partial charge on any atom is 0.171 e. The first-order chi connectivity index (χ1) is 5.11. The SMILES string of the molecule is Cc1ccc([S+](C)[O-])c(Cl)c1. The highest BCUT2D eigenvalue weighted by molar-refractivity contribution is 7.90. The Kier molecular flexibility index (Phi) is 2.82. The highest BCUT2D eigenvalue weighted by Gasteiger charge is 2.08. The predicted molar refractivity (Wildman–Crippen MR) is 48.5 cm³/mol. The van der Waals surface area contributed by atoms with Gasteiger partial charge in [-0.15, -0.1) is 0 Å². The molecule has 0 saturated heterocycles. The lowest BCUT2D eigenvalue weighted by Gasteiger charge is -2.05. The third-order valence-corrected chi connectivity index (χ3v) is 2.80. The largest absolute Gasteiger partial charge is 0.612 e. The molecule has 1 atom stereocenters. The lowest BCUT2D eigenvalue weighted by Crippen LogP contribution is -1.97. The van der Waals surface area contributed by atoms with Crippen LogP contribution in [0.4, 0.5) is 0 Å². The third kappa shape index (κ3) is 2.12. The third-order valence-electron chi connectivity index (χ3n) is 1.40. The van der Waals surface area contributed by atoms with Crippen molar-refractivity contribution in [2.24, 2.45) is 0 Å². The zero-order valence-corrected chi connectivity index (χ0v) is 8.00. The summed E-state index contributed by atoms with van der Waals surface area (Å²) in [6.45, 7) is 1.95. The Balaban J connectivity index is 3.09. The molecule has 0 aliphatic heterocycles. The quantitative estimate of drug-likeness (QED) is 0.621. The van der Waals surface area contributed by atoms with Crippen LogP contribution in [-0.4, -0.2) is 10.8 Å². The van der Waals surface area contributed by atoms with E-state index in [4.69, 9.17) is 11.6 Å². The van der Waals surface area contributed by atoms with Gasteiger partial charge in [-0.05, 0) is 35.8 Å². The minimum atomic E-state index is -0.981. The number of benzene rings is 1. The molecule has 0 radical (unpaired) electrons. The Morgan fingerprint density at radius 3 is 2.55 bits per heavy atom. The summed E-state index contributed by atoms with van der Waals surface area (Å²) in [6, 6.07) is 5.52. The monoisotopic (exact) mass is 188 g/mol. The zero-order chi connectivity index (χ0) is 8.43. The van der Waals surface area contributed by atoms with E-state index >= 15 is 0 Å². The highest BCUT2D eigenvalue weighted by atomic mass is 35.5. The second-order valence-corrected chi connectivity index (χ2v) is 4.14. The van der Waals surface area contributed by atoms with Crippen molar-refractivity contribution >= 4 is 22.8 Å². The topological polar surface area (TPSA) is 23.1 Å². The predicted octanol–water partition coefficient (Wildman–Crippen LogP) is 2.39. The Morgan fingerprint density at radius 2 is 2.09 bits per heavy atom. The first-order valence-corrected chi connectivity index (χ1v) is 5.14. The van der Waals surface area contributed by atoms with Crippen LogP contribution in [-0.2, 0) is 11.2 Å². The van der Waals surface area contributed by atoms with E-state index in [0.29, 0.717) is 9.92 Å². The van der Waals surface area contributed by atoms with Crippen LogP contribution >= 0.6 is 11.6 Å². The van der Waals surface area contributed by atoms with Gasteiger partial charge in [-0.1, -0.05) is 17.7 Å². The summed E-state index contributed by atoms with van der Waals surface area (Å²) >= 11 is 4.85. The van der Waals surface area contributed by atoms with Crippen LogP contribution < -0.4 is 0 Å². The molecule has 0 aromatic heterocycles. The fraction of sp³-hybridized carbons (Fsp3) is 0.250. The fourth-order valence-electron chi connectivity index (χ4n) is 0.839. The second-order valence-electron chi connectivity index (χ2n) is 2.39. The van der Waals surface area contributed by atoms with Gasteiger partial charge in [0.25, 0.3) is 0 Å². The van der Waals surface area contributed by atoms with Gasteiger partial charge in [0.05, 0.1) is 5.02 Å². The lowest BCUT2D eigenvalue weighted by atomic mass is 10.2. The standard InChI is InChI=1S/C8H9ClOS/c1-6-3-4-8(11(2)10)7(9)5-6/h3-5H,1-2H3. The summed E-state index contributed by atoms with van der Waals surface area (Å²) in [6.07, 6.45) is 1.62. The maximum absolute atomic E-state index is 11.0. The van der Waals surface area contributed by atoms with Crippen molar-refractivity contribution in [1.82, 2.24) is 0 Å². The van der Waals surface area contributed by atoms with Crippen molar-refractivity contribution in [2.75, 3.05) is 6.26 Å². The van der Waals surface area contributed by atoms with Gasteiger partial charge in [0.15, 0.2) is 4.90 Å². The first-order valence-electron chi connectivity index (χ1n) is 3.21. The van der Waals surface area contributed by atoms with Crippen LogP contribution in [0.3, 0.4) is 0 Å². The van der Waals surface area contributed by atoms with Crippen molar-refractivity contribution in [3.05, 3.63) is 28.8 Å². The summed E-state index contributed by atoms with van der Waals surface area (Å²) in [5, 5.41) is 0.589. The molecule has 1 nitrogen and oxygen atoms in total. The van der Waals surface area contributed by atoms with Gasteiger partial charge in [-0.3, -0.25) is 0 Å². The van der Waals surface area contributed by atoms with Crippen LogP contribution in [0.15, 0.2) is 23.1 Å².